The summed E-state index contributed by atoms with van der Waals surface area (Å²) in [6.07, 6.45) is 2.61. The van der Waals surface area contributed by atoms with Gasteiger partial charge in [0.1, 0.15) is 11.7 Å². The largest absolute Gasteiger partial charge is 0.496 e. The number of benzene rings is 2. The molecule has 0 radical (unpaired) electrons. The average Bonchev–Trinajstić information content (AvgIpc) is 3.22. The normalized spacial score (nSPS) is 29.0. The van der Waals surface area contributed by atoms with Crippen molar-refractivity contribution < 1.29 is 23.8 Å². The van der Waals surface area contributed by atoms with E-state index >= 15 is 0 Å². The lowest BCUT2D eigenvalue weighted by molar-refractivity contribution is -0.181. The summed E-state index contributed by atoms with van der Waals surface area (Å²) in [4.78, 5) is 29.1. The number of ether oxygens (including phenoxy) is 3. The van der Waals surface area contributed by atoms with E-state index in [2.05, 4.69) is 0 Å². The van der Waals surface area contributed by atoms with Crippen molar-refractivity contribution in [1.82, 2.24) is 4.90 Å². The van der Waals surface area contributed by atoms with Crippen LogP contribution in [-0.4, -0.2) is 43.6 Å². The number of nitrogens with zero attached hydrogens (tertiary/aromatic N) is 1. The molecule has 2 aromatic carbocycles. The number of carbonyl (C=O) groups is 2. The fourth-order valence-electron chi connectivity index (χ4n) is 5.77. The molecule has 2 heterocycles. The van der Waals surface area contributed by atoms with Crippen LogP contribution < -0.4 is 14.2 Å². The number of piperidine rings is 1. The summed E-state index contributed by atoms with van der Waals surface area (Å²) < 4.78 is 17.5. The molecule has 1 aliphatic carbocycles. The first-order valence-electron chi connectivity index (χ1n) is 10.3. The van der Waals surface area contributed by atoms with E-state index in [9.17, 15) is 9.59 Å². The number of likely N-dealkylation sites (tertiary alicyclic amines) is 1. The molecule has 0 spiro atoms. The van der Waals surface area contributed by atoms with Gasteiger partial charge in [0.2, 0.25) is 5.91 Å². The molecule has 0 N–H and O–H groups in total. The number of Topliss-reactive ketones (excluding diaryl/α,β-unsaturated/α-hetero) is 1. The lowest BCUT2D eigenvalue weighted by atomic mass is 9.65. The van der Waals surface area contributed by atoms with Crippen LogP contribution in [0.2, 0.25) is 0 Å². The zero-order valence-corrected chi connectivity index (χ0v) is 17.4. The smallest absolute Gasteiger partial charge is 0.236 e. The van der Waals surface area contributed by atoms with E-state index < -0.39 is 11.6 Å². The zero-order chi connectivity index (χ0) is 21.0. The standard InChI is InChI=1S/C24H25NO5/c1-25-23(27)20(21(26)14-8-4-5-11-17(14)28-2)19-15-9-6-12-18(29-3)22(15)30-24(25)13-7-10-16(19)24/h4-6,8-9,11-12,16,19-20H,7,10,13H2,1-3H3. The summed E-state index contributed by atoms with van der Waals surface area (Å²) in [5.74, 6) is 0.356. The highest BCUT2D eigenvalue weighted by atomic mass is 16.5. The number of fused-ring (bicyclic) bond motifs is 2. The number of methoxy groups -OCH3 is 2. The number of rotatable bonds is 4. The Bertz CT molecular complexity index is 1030. The first kappa shape index (κ1) is 19.0. The van der Waals surface area contributed by atoms with Gasteiger partial charge in [0.25, 0.3) is 0 Å². The molecule has 2 fully saturated rings. The fourth-order valence-corrected chi connectivity index (χ4v) is 5.77. The SMILES string of the molecule is COc1ccccc1C(=O)C1C(=O)N(C)C23CCCC2C1c1cccc(OC)c1O3. The van der Waals surface area contributed by atoms with Gasteiger partial charge in [-0.1, -0.05) is 24.3 Å². The lowest BCUT2D eigenvalue weighted by Crippen LogP contribution is -2.66. The van der Waals surface area contributed by atoms with Crippen molar-refractivity contribution in [2.75, 3.05) is 21.3 Å². The number of carbonyl (C=O) groups excluding carboxylic acids is 2. The van der Waals surface area contributed by atoms with E-state index in [1.165, 1.54) is 7.11 Å². The Balaban J connectivity index is 1.71. The molecule has 2 aromatic rings. The minimum absolute atomic E-state index is 0.0588. The third-order valence-electron chi connectivity index (χ3n) is 7.11. The second-order valence-electron chi connectivity index (χ2n) is 8.29. The Hall–Kier alpha value is -3.02. The Morgan fingerprint density at radius 1 is 1.10 bits per heavy atom. The number of para-hydroxylation sites is 2. The van der Waals surface area contributed by atoms with Crippen LogP contribution in [-0.2, 0) is 4.79 Å². The van der Waals surface area contributed by atoms with Crippen LogP contribution in [0.15, 0.2) is 42.5 Å². The molecule has 1 amide bonds. The number of amides is 1. The minimum Gasteiger partial charge on any atom is -0.496 e. The van der Waals surface area contributed by atoms with Crippen molar-refractivity contribution >= 4 is 11.7 Å². The van der Waals surface area contributed by atoms with Crippen molar-refractivity contribution in [3.8, 4) is 17.2 Å². The second kappa shape index (κ2) is 6.76. The maximum Gasteiger partial charge on any atom is 0.236 e. The van der Waals surface area contributed by atoms with Gasteiger partial charge in [0.05, 0.1) is 19.8 Å². The Morgan fingerprint density at radius 3 is 2.60 bits per heavy atom. The molecule has 6 heteroatoms. The van der Waals surface area contributed by atoms with Gasteiger partial charge < -0.3 is 19.1 Å². The van der Waals surface area contributed by atoms with E-state index in [1.807, 2.05) is 24.3 Å². The fraction of sp³-hybridized carbons (Fsp3) is 0.417. The highest BCUT2D eigenvalue weighted by Gasteiger charge is 2.65. The summed E-state index contributed by atoms with van der Waals surface area (Å²) in [6, 6.07) is 12.8. The topological polar surface area (TPSA) is 65.1 Å². The van der Waals surface area contributed by atoms with Crippen molar-refractivity contribution in [3.63, 3.8) is 0 Å². The van der Waals surface area contributed by atoms with E-state index in [0.717, 1.165) is 24.8 Å². The van der Waals surface area contributed by atoms with Gasteiger partial charge in [0, 0.05) is 30.9 Å². The Labute approximate surface area is 175 Å². The van der Waals surface area contributed by atoms with Crippen molar-refractivity contribution in [2.45, 2.75) is 30.9 Å². The Kier molecular flexibility index (Phi) is 4.27. The molecule has 6 nitrogen and oxygen atoms in total. The molecule has 0 aromatic heterocycles. The van der Waals surface area contributed by atoms with Gasteiger partial charge in [-0.15, -0.1) is 0 Å². The summed E-state index contributed by atoms with van der Waals surface area (Å²) in [5.41, 5.74) is 0.598. The number of hydrogen-bond donors (Lipinski definition) is 0. The van der Waals surface area contributed by atoms with Crippen molar-refractivity contribution in [2.24, 2.45) is 11.8 Å². The predicted molar refractivity (Wildman–Crippen MR) is 110 cm³/mol. The molecule has 4 atom stereocenters. The molecular weight excluding hydrogens is 382 g/mol. The molecule has 2 bridgehead atoms. The van der Waals surface area contributed by atoms with Crippen molar-refractivity contribution in [1.29, 1.82) is 0 Å². The minimum atomic E-state index is -0.822. The summed E-state index contributed by atoms with van der Waals surface area (Å²) in [6.45, 7) is 0. The van der Waals surface area contributed by atoms with Gasteiger partial charge in [-0.3, -0.25) is 9.59 Å². The molecule has 4 unspecified atom stereocenters. The molecular formula is C24H25NO5. The van der Waals surface area contributed by atoms with Crippen LogP contribution >= 0.6 is 0 Å². The summed E-state index contributed by atoms with van der Waals surface area (Å²) in [7, 11) is 4.91. The van der Waals surface area contributed by atoms with E-state index in [4.69, 9.17) is 14.2 Å². The van der Waals surface area contributed by atoms with Crippen LogP contribution in [0.25, 0.3) is 0 Å². The average molecular weight is 407 g/mol. The highest BCUT2D eigenvalue weighted by molar-refractivity contribution is 6.12. The van der Waals surface area contributed by atoms with E-state index in [1.54, 1.807) is 37.3 Å². The number of ketones is 1. The molecule has 5 rings (SSSR count). The van der Waals surface area contributed by atoms with Gasteiger partial charge in [-0.05, 0) is 31.0 Å². The van der Waals surface area contributed by atoms with Crippen LogP contribution in [0.3, 0.4) is 0 Å². The van der Waals surface area contributed by atoms with Crippen molar-refractivity contribution in [3.05, 3.63) is 53.6 Å². The third kappa shape index (κ3) is 2.36. The molecule has 1 saturated heterocycles. The van der Waals surface area contributed by atoms with Crippen LogP contribution in [0.1, 0.15) is 41.1 Å². The summed E-state index contributed by atoms with van der Waals surface area (Å²) in [5, 5.41) is 0. The molecule has 30 heavy (non-hydrogen) atoms. The van der Waals surface area contributed by atoms with Gasteiger partial charge in [0.15, 0.2) is 23.0 Å². The van der Waals surface area contributed by atoms with Crippen LogP contribution in [0.4, 0.5) is 0 Å². The van der Waals surface area contributed by atoms with Gasteiger partial charge in [-0.25, -0.2) is 0 Å². The lowest BCUT2D eigenvalue weighted by Gasteiger charge is -2.55. The van der Waals surface area contributed by atoms with E-state index in [0.29, 0.717) is 22.8 Å². The van der Waals surface area contributed by atoms with Gasteiger partial charge >= 0.3 is 0 Å². The second-order valence-corrected chi connectivity index (χ2v) is 8.29. The molecule has 156 valence electrons. The van der Waals surface area contributed by atoms with Crippen LogP contribution in [0, 0.1) is 11.8 Å². The predicted octanol–water partition coefficient (Wildman–Crippen LogP) is 3.65. The summed E-state index contributed by atoms with van der Waals surface area (Å²) >= 11 is 0. The Morgan fingerprint density at radius 2 is 1.83 bits per heavy atom. The molecule has 3 aliphatic rings. The monoisotopic (exact) mass is 407 g/mol. The first-order valence-corrected chi connectivity index (χ1v) is 10.3. The highest BCUT2D eigenvalue weighted by Crippen LogP contribution is 2.61. The first-order chi connectivity index (χ1) is 14.5. The van der Waals surface area contributed by atoms with Gasteiger partial charge in [-0.2, -0.15) is 0 Å². The van der Waals surface area contributed by atoms with E-state index in [-0.39, 0.29) is 23.5 Å². The maximum atomic E-state index is 13.8. The molecule has 2 aliphatic heterocycles. The molecule has 1 saturated carbocycles. The quantitative estimate of drug-likeness (QED) is 0.572. The third-order valence-corrected chi connectivity index (χ3v) is 7.11. The van der Waals surface area contributed by atoms with Crippen LogP contribution in [0.5, 0.6) is 17.2 Å². The zero-order valence-electron chi connectivity index (χ0n) is 17.4. The number of hydrogen-bond acceptors (Lipinski definition) is 5. The maximum absolute atomic E-state index is 13.8.